The Kier molecular flexibility index (Phi) is 5.50. The molecule has 0 aliphatic carbocycles. The van der Waals surface area contributed by atoms with Gasteiger partial charge in [-0.1, -0.05) is 44.2 Å². The Balaban J connectivity index is 2.09. The molecular weight excluding hydrogens is 260 g/mol. The van der Waals surface area contributed by atoms with Crippen LogP contribution in [-0.2, 0) is 13.0 Å². The Morgan fingerprint density at radius 3 is 2.48 bits per heavy atom. The third-order valence-corrected chi connectivity index (χ3v) is 3.50. The van der Waals surface area contributed by atoms with Gasteiger partial charge in [0.05, 0.1) is 18.0 Å². The van der Waals surface area contributed by atoms with Crippen molar-refractivity contribution >= 4 is 11.4 Å². The zero-order chi connectivity index (χ0) is 15.1. The van der Waals surface area contributed by atoms with Gasteiger partial charge in [0.1, 0.15) is 5.75 Å². The number of nitrogen functional groups attached to an aromatic ring is 1. The van der Waals surface area contributed by atoms with E-state index < -0.39 is 0 Å². The van der Waals surface area contributed by atoms with Crippen molar-refractivity contribution in [1.29, 1.82) is 0 Å². The van der Waals surface area contributed by atoms with Gasteiger partial charge in [-0.3, -0.25) is 0 Å². The van der Waals surface area contributed by atoms with E-state index in [1.165, 1.54) is 11.1 Å². The van der Waals surface area contributed by atoms with Crippen LogP contribution in [0.1, 0.15) is 31.4 Å². The van der Waals surface area contributed by atoms with Gasteiger partial charge in [-0.25, -0.2) is 0 Å². The normalized spacial score (nSPS) is 10.4. The first kappa shape index (κ1) is 15.2. The monoisotopic (exact) mass is 284 g/mol. The first-order valence-electron chi connectivity index (χ1n) is 7.58. The van der Waals surface area contributed by atoms with Crippen LogP contribution in [0.15, 0.2) is 42.5 Å². The van der Waals surface area contributed by atoms with E-state index in [0.717, 1.165) is 30.8 Å². The largest absolute Gasteiger partial charge is 0.491 e. The van der Waals surface area contributed by atoms with Gasteiger partial charge in [-0.05, 0) is 36.1 Å². The van der Waals surface area contributed by atoms with Gasteiger partial charge < -0.3 is 15.8 Å². The number of para-hydroxylation sites is 1. The molecule has 0 radical (unpaired) electrons. The summed E-state index contributed by atoms with van der Waals surface area (Å²) in [6.45, 7) is 5.71. The molecule has 0 unspecified atom stereocenters. The summed E-state index contributed by atoms with van der Waals surface area (Å²) < 4.78 is 5.66. The topological polar surface area (TPSA) is 47.3 Å². The summed E-state index contributed by atoms with van der Waals surface area (Å²) in [5, 5.41) is 3.42. The first-order valence-corrected chi connectivity index (χ1v) is 7.58. The van der Waals surface area contributed by atoms with Crippen LogP contribution in [0.25, 0.3) is 0 Å². The maximum atomic E-state index is 6.17. The number of hydrogen-bond donors (Lipinski definition) is 2. The molecule has 3 nitrogen and oxygen atoms in total. The molecule has 0 aliphatic rings. The molecule has 0 saturated carbocycles. The predicted octanol–water partition coefficient (Wildman–Crippen LogP) is 4.23. The molecule has 0 bridgehead atoms. The van der Waals surface area contributed by atoms with Gasteiger partial charge in [-0.2, -0.15) is 0 Å². The molecule has 0 atom stereocenters. The van der Waals surface area contributed by atoms with Crippen molar-refractivity contribution in [2.45, 2.75) is 33.2 Å². The maximum absolute atomic E-state index is 6.17. The van der Waals surface area contributed by atoms with Crippen LogP contribution in [0.2, 0.25) is 0 Å². The van der Waals surface area contributed by atoms with E-state index in [1.807, 2.05) is 18.2 Å². The maximum Gasteiger partial charge on any atom is 0.144 e. The van der Waals surface area contributed by atoms with Crippen LogP contribution in [0.4, 0.5) is 11.4 Å². The summed E-state index contributed by atoms with van der Waals surface area (Å²) in [7, 11) is 0. The molecular formula is C18H24N2O. The fourth-order valence-corrected chi connectivity index (χ4v) is 2.30. The van der Waals surface area contributed by atoms with Crippen molar-refractivity contribution in [3.05, 3.63) is 53.6 Å². The number of rotatable bonds is 7. The second-order valence-corrected chi connectivity index (χ2v) is 5.04. The van der Waals surface area contributed by atoms with Crippen LogP contribution in [0.3, 0.4) is 0 Å². The summed E-state index contributed by atoms with van der Waals surface area (Å²) >= 11 is 0. The summed E-state index contributed by atoms with van der Waals surface area (Å²) in [6.07, 6.45) is 2.01. The Morgan fingerprint density at radius 2 is 1.76 bits per heavy atom. The lowest BCUT2D eigenvalue weighted by atomic mass is 10.1. The Morgan fingerprint density at radius 1 is 1.00 bits per heavy atom. The van der Waals surface area contributed by atoms with Crippen LogP contribution < -0.4 is 15.8 Å². The average Bonchev–Trinajstić information content (AvgIpc) is 2.53. The lowest BCUT2D eigenvalue weighted by Gasteiger charge is -2.15. The van der Waals surface area contributed by atoms with Gasteiger partial charge in [0.15, 0.2) is 0 Å². The minimum absolute atomic E-state index is 0.680. The summed E-state index contributed by atoms with van der Waals surface area (Å²) in [5.41, 5.74) is 10.4. The highest BCUT2D eigenvalue weighted by Crippen LogP contribution is 2.30. The Bertz CT molecular complexity index is 581. The van der Waals surface area contributed by atoms with E-state index in [2.05, 4.69) is 43.4 Å². The lowest BCUT2D eigenvalue weighted by Crippen LogP contribution is -2.06. The second-order valence-electron chi connectivity index (χ2n) is 5.04. The number of anilines is 2. The van der Waals surface area contributed by atoms with Gasteiger partial charge in [0, 0.05) is 6.54 Å². The van der Waals surface area contributed by atoms with Crippen LogP contribution in [0.5, 0.6) is 5.75 Å². The third kappa shape index (κ3) is 3.91. The Labute approximate surface area is 127 Å². The number of nitrogens with two attached hydrogens (primary N) is 1. The van der Waals surface area contributed by atoms with Gasteiger partial charge >= 0.3 is 0 Å². The molecule has 112 valence electrons. The number of ether oxygens (including phenoxy) is 1. The molecule has 0 fully saturated rings. The van der Waals surface area contributed by atoms with E-state index in [0.29, 0.717) is 12.3 Å². The molecule has 0 spiro atoms. The highest BCUT2D eigenvalue weighted by molar-refractivity contribution is 5.73. The molecule has 2 rings (SSSR count). The first-order chi connectivity index (χ1) is 10.3. The Hall–Kier alpha value is -2.16. The van der Waals surface area contributed by atoms with E-state index in [1.54, 1.807) is 0 Å². The van der Waals surface area contributed by atoms with Crippen molar-refractivity contribution in [2.24, 2.45) is 0 Å². The molecule has 0 aromatic heterocycles. The van der Waals surface area contributed by atoms with Crippen molar-refractivity contribution in [3.63, 3.8) is 0 Å². The molecule has 0 amide bonds. The number of benzene rings is 2. The average molecular weight is 284 g/mol. The molecule has 2 aromatic carbocycles. The number of hydrogen-bond acceptors (Lipinski definition) is 3. The predicted molar refractivity (Wildman–Crippen MR) is 89.8 cm³/mol. The highest BCUT2D eigenvalue weighted by atomic mass is 16.5. The number of nitrogens with one attached hydrogen (secondary N) is 1. The smallest absolute Gasteiger partial charge is 0.144 e. The molecule has 2 aromatic rings. The molecule has 3 heteroatoms. The fraction of sp³-hybridized carbons (Fsp3) is 0.333. The molecule has 3 N–H and O–H groups in total. The van der Waals surface area contributed by atoms with Crippen molar-refractivity contribution in [2.75, 3.05) is 17.7 Å². The minimum Gasteiger partial charge on any atom is -0.491 e. The van der Waals surface area contributed by atoms with E-state index in [-0.39, 0.29) is 0 Å². The molecule has 0 saturated heterocycles. The zero-order valence-corrected chi connectivity index (χ0v) is 12.9. The van der Waals surface area contributed by atoms with Crippen molar-refractivity contribution in [3.8, 4) is 5.75 Å². The third-order valence-electron chi connectivity index (χ3n) is 3.50. The summed E-state index contributed by atoms with van der Waals surface area (Å²) in [4.78, 5) is 0. The molecule has 21 heavy (non-hydrogen) atoms. The lowest BCUT2D eigenvalue weighted by molar-refractivity contribution is 0.319. The standard InChI is InChI=1S/C18H24N2O/c1-3-12-21-17-11-7-10-16(18(17)19)20-13-15-9-6-5-8-14(15)4-2/h5-11,20H,3-4,12-13,19H2,1-2H3. The van der Waals surface area contributed by atoms with Crippen LogP contribution in [-0.4, -0.2) is 6.61 Å². The van der Waals surface area contributed by atoms with Gasteiger partial charge in [0.25, 0.3) is 0 Å². The summed E-state index contributed by atoms with van der Waals surface area (Å²) in [5.74, 6) is 0.755. The van der Waals surface area contributed by atoms with Crippen molar-refractivity contribution in [1.82, 2.24) is 0 Å². The van der Waals surface area contributed by atoms with Crippen molar-refractivity contribution < 1.29 is 4.74 Å². The van der Waals surface area contributed by atoms with E-state index in [4.69, 9.17) is 10.5 Å². The summed E-state index contributed by atoms with van der Waals surface area (Å²) in [6, 6.07) is 14.3. The quantitative estimate of drug-likeness (QED) is 0.748. The van der Waals surface area contributed by atoms with Gasteiger partial charge in [0.2, 0.25) is 0 Å². The van der Waals surface area contributed by atoms with E-state index in [9.17, 15) is 0 Å². The minimum atomic E-state index is 0.680. The van der Waals surface area contributed by atoms with E-state index >= 15 is 0 Å². The molecule has 0 heterocycles. The fourth-order valence-electron chi connectivity index (χ4n) is 2.30. The SMILES string of the molecule is CCCOc1cccc(NCc2ccccc2CC)c1N. The second kappa shape index (κ2) is 7.58. The van der Waals surface area contributed by atoms with Gasteiger partial charge in [-0.15, -0.1) is 0 Å². The molecule has 0 aliphatic heterocycles. The zero-order valence-electron chi connectivity index (χ0n) is 12.9. The number of aryl methyl sites for hydroxylation is 1. The van der Waals surface area contributed by atoms with Crippen LogP contribution in [0, 0.1) is 0 Å². The highest BCUT2D eigenvalue weighted by Gasteiger charge is 2.06. The van der Waals surface area contributed by atoms with Crippen LogP contribution >= 0.6 is 0 Å².